The van der Waals surface area contributed by atoms with Crippen LogP contribution >= 0.6 is 0 Å². The van der Waals surface area contributed by atoms with Crippen molar-refractivity contribution in [2.24, 2.45) is 4.99 Å². The van der Waals surface area contributed by atoms with Gasteiger partial charge in [0.15, 0.2) is 0 Å². The van der Waals surface area contributed by atoms with E-state index in [0.717, 1.165) is 6.11 Å². The molecule has 0 saturated carbocycles. The van der Waals surface area contributed by atoms with Gasteiger partial charge in [0.05, 0.1) is 0 Å². The van der Waals surface area contributed by atoms with Gasteiger partial charge in [0.1, 0.15) is 0 Å². The number of carbonyl (C=O) groups excluding carboxylic acids is 1. The molecule has 4 nitrogen and oxygen atoms in total. The zero-order valence-electron chi connectivity index (χ0n) is 6.61. The van der Waals surface area contributed by atoms with E-state index in [0.29, 0.717) is 13.6 Å². The van der Waals surface area contributed by atoms with E-state index < -0.39 is 12.0 Å². The second-order valence-electron chi connectivity index (χ2n) is 1.88. The van der Waals surface area contributed by atoms with Crippen LogP contribution in [0.2, 0.25) is 0 Å². The van der Waals surface area contributed by atoms with Crippen molar-refractivity contribution in [2.45, 2.75) is 19.4 Å². The maximum atomic E-state index is 10.8. The third-order valence-electron chi connectivity index (χ3n) is 1.19. The Morgan fingerprint density at radius 2 is 2.45 bits per heavy atom. The van der Waals surface area contributed by atoms with Crippen LogP contribution in [-0.2, 0) is 14.2 Å². The average molecular weight is 155 g/mol. The number of nitrogens with zero attached hydrogens (tertiary/aromatic N) is 1. The molecule has 0 N–H and O–H groups in total. The zero-order valence-corrected chi connectivity index (χ0v) is 6.61. The Balaban J connectivity index is 4.04. The van der Waals surface area contributed by atoms with Gasteiger partial charge in [-0.25, -0.2) is 0 Å². The summed E-state index contributed by atoms with van der Waals surface area (Å²) in [6, 6.07) is -0.537. The molecule has 0 aliphatic heterocycles. The van der Waals surface area contributed by atoms with Gasteiger partial charge < -0.3 is 0 Å². The molecule has 0 heterocycles. The van der Waals surface area contributed by atoms with Crippen LogP contribution in [-0.4, -0.2) is 32.4 Å². The summed E-state index contributed by atoms with van der Waals surface area (Å²) in [7, 11) is 1.83. The number of methoxy groups -OCH3 is 1. The van der Waals surface area contributed by atoms with Gasteiger partial charge in [0.2, 0.25) is 0 Å². The van der Waals surface area contributed by atoms with E-state index in [4.69, 9.17) is 0 Å². The fourth-order valence-corrected chi connectivity index (χ4v) is 0.608. The molecule has 0 spiro atoms. The van der Waals surface area contributed by atoms with Crippen molar-refractivity contribution in [1.82, 2.24) is 0 Å². The summed E-state index contributed by atoms with van der Waals surface area (Å²) in [4.78, 5) is 14.5. The van der Waals surface area contributed by atoms with Crippen molar-refractivity contribution in [1.29, 1.82) is 0 Å². The summed E-state index contributed by atoms with van der Waals surface area (Å²) >= 11 is 0. The minimum absolute atomic E-state index is 0.411. The van der Waals surface area contributed by atoms with Gasteiger partial charge in [-0.05, 0) is 0 Å². The number of rotatable bonds is 4. The van der Waals surface area contributed by atoms with Crippen molar-refractivity contribution in [3.63, 3.8) is 0 Å². The predicted octanol–water partition coefficient (Wildman–Crippen LogP) is 0.0160. The van der Waals surface area contributed by atoms with Crippen LogP contribution < -0.4 is 0 Å². The fourth-order valence-electron chi connectivity index (χ4n) is 0.608. The predicted molar refractivity (Wildman–Crippen MR) is 41.0 cm³/mol. The van der Waals surface area contributed by atoms with E-state index >= 15 is 0 Å². The Morgan fingerprint density at radius 1 is 1.82 bits per heavy atom. The van der Waals surface area contributed by atoms with Crippen LogP contribution in [0, 0.1) is 0 Å². The van der Waals surface area contributed by atoms with E-state index in [9.17, 15) is 9.50 Å². The summed E-state index contributed by atoms with van der Waals surface area (Å²) in [6.07, 6.45) is 1.60. The fraction of sp³-hybridized carbons (Fsp3) is 0.667. The summed E-state index contributed by atoms with van der Waals surface area (Å²) in [5.41, 5.74) is 0. The Labute approximate surface area is 65.9 Å². The molecular formula is C6H10BNO3. The Kier molecular flexibility index (Phi) is 5.24. The Hall–Kier alpha value is -0.995. The molecule has 5 heteroatoms. The minimum atomic E-state index is -0.537. The normalized spacial score (nSPS) is 12.5. The van der Waals surface area contributed by atoms with Crippen molar-refractivity contribution in [2.75, 3.05) is 7.11 Å². The molecule has 0 fully saturated rings. The Bertz CT molecular complexity index is 169. The molecule has 0 rings (SSSR count). The molecule has 0 aromatic rings. The Morgan fingerprint density at radius 3 is 2.82 bits per heavy atom. The molecule has 0 aliphatic rings. The van der Waals surface area contributed by atoms with E-state index in [-0.39, 0.29) is 0 Å². The van der Waals surface area contributed by atoms with E-state index in [1.54, 1.807) is 6.92 Å². The molecule has 0 radical (unpaired) electrons. The molecule has 0 amide bonds. The maximum absolute atomic E-state index is 10.8. The molecule has 0 aliphatic carbocycles. The first-order chi connectivity index (χ1) is 5.26. The van der Waals surface area contributed by atoms with Crippen LogP contribution in [0.4, 0.5) is 0 Å². The standard InChI is InChI=1S/C6H10BNO3/c1-3-5(6(9)11-2)8-4-7-10/h4-5H,3H2,1-2H3/b8-4+. The first-order valence-corrected chi connectivity index (χ1v) is 3.31. The molecule has 0 aromatic heterocycles. The van der Waals surface area contributed by atoms with Crippen molar-refractivity contribution in [3.05, 3.63) is 0 Å². The van der Waals surface area contributed by atoms with Gasteiger partial charge in [-0.1, -0.05) is 0 Å². The second-order valence-corrected chi connectivity index (χ2v) is 1.88. The van der Waals surface area contributed by atoms with Crippen LogP contribution in [0.3, 0.4) is 0 Å². The van der Waals surface area contributed by atoms with E-state index in [1.807, 2.05) is 0 Å². The van der Waals surface area contributed by atoms with Gasteiger partial charge in [0.25, 0.3) is 0 Å². The van der Waals surface area contributed by atoms with Crippen molar-refractivity contribution < 1.29 is 14.2 Å². The van der Waals surface area contributed by atoms with E-state index in [2.05, 4.69) is 9.73 Å². The first-order valence-electron chi connectivity index (χ1n) is 3.31. The van der Waals surface area contributed by atoms with Crippen LogP contribution in [0.25, 0.3) is 0 Å². The summed E-state index contributed by atoms with van der Waals surface area (Å²) < 4.78 is 14.3. The van der Waals surface area contributed by atoms with Gasteiger partial charge in [-0.15, -0.1) is 0 Å². The molecular weight excluding hydrogens is 145 g/mol. The monoisotopic (exact) mass is 155 g/mol. The molecule has 0 aromatic carbocycles. The number of esters is 1. The number of hydrogen-bond acceptors (Lipinski definition) is 4. The quantitative estimate of drug-likeness (QED) is 0.326. The third kappa shape index (κ3) is 3.65. The van der Waals surface area contributed by atoms with Gasteiger partial charge in [0, 0.05) is 0 Å². The first kappa shape index (κ1) is 10.0. The summed E-state index contributed by atoms with van der Waals surface area (Å²) in [5, 5.41) is 0. The third-order valence-corrected chi connectivity index (χ3v) is 1.19. The number of hydrogen-bond donors (Lipinski definition) is 0. The van der Waals surface area contributed by atoms with Crippen LogP contribution in [0.1, 0.15) is 13.3 Å². The molecule has 1 atom stereocenters. The van der Waals surface area contributed by atoms with Gasteiger partial charge >= 0.3 is 65.0 Å². The molecule has 1 unspecified atom stereocenters. The van der Waals surface area contributed by atoms with Gasteiger partial charge in [-0.2, -0.15) is 0 Å². The van der Waals surface area contributed by atoms with Gasteiger partial charge in [-0.3, -0.25) is 0 Å². The molecule has 0 saturated heterocycles. The number of carbonyl (C=O) groups is 1. The SMILES string of the molecule is CCC(/N=C/B=O)C(=O)OC. The van der Waals surface area contributed by atoms with Crippen LogP contribution in [0.5, 0.6) is 0 Å². The average Bonchev–Trinajstić information content (AvgIpc) is 2.05. The molecule has 11 heavy (non-hydrogen) atoms. The number of aliphatic imine (C=N–C) groups is 1. The summed E-state index contributed by atoms with van der Waals surface area (Å²) in [6.45, 7) is 1.80. The number of ether oxygens (including phenoxy) is 1. The second kappa shape index (κ2) is 5.76. The van der Waals surface area contributed by atoms with Crippen molar-refractivity contribution >= 4 is 19.2 Å². The zero-order chi connectivity index (χ0) is 8.69. The topological polar surface area (TPSA) is 55.7 Å². The summed E-state index contributed by atoms with van der Waals surface area (Å²) in [5.74, 6) is -0.411. The molecule has 0 bridgehead atoms. The van der Waals surface area contributed by atoms with Crippen LogP contribution in [0.15, 0.2) is 4.99 Å². The van der Waals surface area contributed by atoms with Crippen molar-refractivity contribution in [3.8, 4) is 0 Å². The van der Waals surface area contributed by atoms with E-state index in [1.165, 1.54) is 7.11 Å². The molecule has 60 valence electrons.